The molecule has 2 heterocycles. The van der Waals surface area contributed by atoms with Gasteiger partial charge in [-0.05, 0) is 29.8 Å². The van der Waals surface area contributed by atoms with E-state index in [0.29, 0.717) is 11.5 Å². The molecule has 0 amide bonds. The summed E-state index contributed by atoms with van der Waals surface area (Å²) in [7, 11) is 1.57. The smallest absolute Gasteiger partial charge is 0.211 e. The zero-order valence-corrected chi connectivity index (χ0v) is 15.7. The minimum atomic E-state index is -1.12. The molecule has 0 spiro atoms. The lowest BCUT2D eigenvalue weighted by Gasteiger charge is -2.46. The van der Waals surface area contributed by atoms with E-state index in [-0.39, 0.29) is 6.61 Å². The first kappa shape index (κ1) is 19.5. The van der Waals surface area contributed by atoms with Crippen LogP contribution >= 0.6 is 0 Å². The second kappa shape index (κ2) is 8.69. The first-order valence-corrected chi connectivity index (χ1v) is 9.20. The Labute approximate surface area is 167 Å². The molecule has 0 radical (unpaired) electrons. The van der Waals surface area contributed by atoms with Crippen LogP contribution in [0.25, 0.3) is 10.4 Å². The van der Waals surface area contributed by atoms with E-state index < -0.39 is 36.9 Å². The van der Waals surface area contributed by atoms with Gasteiger partial charge in [-0.3, -0.25) is 0 Å². The molecular weight excluding hydrogens is 378 g/mol. The minimum Gasteiger partial charge on any atom is -0.497 e. The molecule has 2 saturated heterocycles. The van der Waals surface area contributed by atoms with Crippen LogP contribution in [0.15, 0.2) is 59.7 Å². The third-order valence-corrected chi connectivity index (χ3v) is 4.90. The lowest BCUT2D eigenvalue weighted by molar-refractivity contribution is -0.331. The normalized spacial score (nSPS) is 31.2. The molecule has 9 heteroatoms. The van der Waals surface area contributed by atoms with Gasteiger partial charge in [-0.15, -0.1) is 0 Å². The number of rotatable bonds is 5. The van der Waals surface area contributed by atoms with Crippen LogP contribution in [0.4, 0.5) is 0 Å². The van der Waals surface area contributed by atoms with E-state index in [1.807, 2.05) is 30.3 Å². The molecule has 1 unspecified atom stereocenters. The maximum atomic E-state index is 10.9. The summed E-state index contributed by atoms with van der Waals surface area (Å²) in [6, 6.07) is 15.3. The average Bonchev–Trinajstić information content (AvgIpc) is 2.77. The third kappa shape index (κ3) is 4.14. The molecule has 0 saturated carbocycles. The van der Waals surface area contributed by atoms with Crippen molar-refractivity contribution in [2.45, 2.75) is 36.9 Å². The fraction of sp³-hybridized carbons (Fsp3) is 0.400. The van der Waals surface area contributed by atoms with Crippen molar-refractivity contribution in [1.82, 2.24) is 0 Å². The number of azide groups is 1. The van der Waals surface area contributed by atoms with Crippen molar-refractivity contribution in [3.8, 4) is 11.5 Å². The van der Waals surface area contributed by atoms with Gasteiger partial charge in [0.25, 0.3) is 0 Å². The SMILES string of the molecule is COc1ccc(O[C@@H]2O[C@@H]3COC(c4ccccc4)O[C@H]3[C@H](O)[C@H]2N=[N+]=[N-])cc1. The van der Waals surface area contributed by atoms with Gasteiger partial charge in [-0.25, -0.2) is 0 Å². The van der Waals surface area contributed by atoms with Gasteiger partial charge < -0.3 is 28.8 Å². The lowest BCUT2D eigenvalue weighted by Crippen LogP contribution is -2.62. The maximum Gasteiger partial charge on any atom is 0.211 e. The molecule has 0 aliphatic carbocycles. The second-order valence-corrected chi connectivity index (χ2v) is 6.70. The fourth-order valence-corrected chi connectivity index (χ4v) is 3.43. The number of aliphatic hydroxyl groups is 1. The van der Waals surface area contributed by atoms with Gasteiger partial charge in [0.05, 0.1) is 19.8 Å². The van der Waals surface area contributed by atoms with E-state index in [2.05, 4.69) is 10.0 Å². The topological polar surface area (TPSA) is 115 Å². The van der Waals surface area contributed by atoms with E-state index in [9.17, 15) is 5.11 Å². The van der Waals surface area contributed by atoms with Crippen LogP contribution in [0.1, 0.15) is 11.9 Å². The number of nitrogens with zero attached hydrogens (tertiary/aromatic N) is 3. The third-order valence-electron chi connectivity index (χ3n) is 4.90. The number of fused-ring (bicyclic) bond motifs is 1. The number of ether oxygens (including phenoxy) is 5. The van der Waals surface area contributed by atoms with Crippen LogP contribution in [0.2, 0.25) is 0 Å². The molecule has 0 aromatic heterocycles. The number of hydrogen-bond acceptors (Lipinski definition) is 7. The molecule has 2 fully saturated rings. The van der Waals surface area contributed by atoms with Crippen LogP contribution < -0.4 is 9.47 Å². The molecule has 6 atom stereocenters. The molecule has 2 aliphatic rings. The summed E-state index contributed by atoms with van der Waals surface area (Å²) in [5.41, 5.74) is 9.80. The summed E-state index contributed by atoms with van der Waals surface area (Å²) < 4.78 is 28.6. The summed E-state index contributed by atoms with van der Waals surface area (Å²) >= 11 is 0. The van der Waals surface area contributed by atoms with Crippen molar-refractivity contribution < 1.29 is 28.8 Å². The Balaban J connectivity index is 1.51. The number of hydrogen-bond donors (Lipinski definition) is 1. The van der Waals surface area contributed by atoms with E-state index in [4.69, 9.17) is 29.2 Å². The minimum absolute atomic E-state index is 0.201. The number of aliphatic hydroxyl groups excluding tert-OH is 1. The van der Waals surface area contributed by atoms with Crippen molar-refractivity contribution >= 4 is 0 Å². The molecule has 2 aliphatic heterocycles. The van der Waals surface area contributed by atoms with Crippen molar-refractivity contribution in [3.05, 3.63) is 70.6 Å². The van der Waals surface area contributed by atoms with Crippen LogP contribution in [0.5, 0.6) is 11.5 Å². The van der Waals surface area contributed by atoms with E-state index in [1.165, 1.54) is 0 Å². The highest BCUT2D eigenvalue weighted by molar-refractivity contribution is 5.31. The monoisotopic (exact) mass is 399 g/mol. The number of benzene rings is 2. The molecule has 2 aromatic carbocycles. The summed E-state index contributed by atoms with van der Waals surface area (Å²) in [6.45, 7) is 0.201. The predicted octanol–water partition coefficient (Wildman–Crippen LogP) is 2.95. The van der Waals surface area contributed by atoms with Crippen molar-refractivity contribution in [3.63, 3.8) is 0 Å². The Morgan fingerprint density at radius 2 is 1.79 bits per heavy atom. The molecule has 1 N–H and O–H groups in total. The van der Waals surface area contributed by atoms with Crippen LogP contribution in [0.3, 0.4) is 0 Å². The second-order valence-electron chi connectivity index (χ2n) is 6.70. The van der Waals surface area contributed by atoms with Gasteiger partial charge in [-0.1, -0.05) is 35.4 Å². The Kier molecular flexibility index (Phi) is 5.84. The van der Waals surface area contributed by atoms with Gasteiger partial charge in [0.1, 0.15) is 29.7 Å². The molecule has 0 bridgehead atoms. The predicted molar refractivity (Wildman–Crippen MR) is 101 cm³/mol. The van der Waals surface area contributed by atoms with Gasteiger partial charge in [-0.2, -0.15) is 0 Å². The molecule has 2 aromatic rings. The van der Waals surface area contributed by atoms with Gasteiger partial charge in [0.15, 0.2) is 6.29 Å². The van der Waals surface area contributed by atoms with Crippen LogP contribution in [-0.4, -0.2) is 49.5 Å². The molecule has 4 rings (SSSR count). The van der Waals surface area contributed by atoms with Gasteiger partial charge in [0.2, 0.25) is 6.29 Å². The van der Waals surface area contributed by atoms with E-state index in [0.717, 1.165) is 5.56 Å². The first-order chi connectivity index (χ1) is 14.2. The summed E-state index contributed by atoms with van der Waals surface area (Å²) in [6.07, 6.45) is -4.04. The summed E-state index contributed by atoms with van der Waals surface area (Å²) in [5, 5.41) is 14.6. The lowest BCUT2D eigenvalue weighted by atomic mass is 9.96. The Hall–Kier alpha value is -2.81. The van der Waals surface area contributed by atoms with Gasteiger partial charge in [0, 0.05) is 10.5 Å². The Morgan fingerprint density at radius 1 is 1.07 bits per heavy atom. The summed E-state index contributed by atoms with van der Waals surface area (Å²) in [4.78, 5) is 2.84. The largest absolute Gasteiger partial charge is 0.497 e. The zero-order valence-electron chi connectivity index (χ0n) is 15.7. The molecule has 152 valence electrons. The fourth-order valence-electron chi connectivity index (χ4n) is 3.43. The highest BCUT2D eigenvalue weighted by Gasteiger charge is 2.50. The average molecular weight is 399 g/mol. The quantitative estimate of drug-likeness (QED) is 0.470. The van der Waals surface area contributed by atoms with Crippen LogP contribution in [0, 0.1) is 0 Å². The Morgan fingerprint density at radius 3 is 2.48 bits per heavy atom. The number of methoxy groups -OCH3 is 1. The Bertz CT molecular complexity index is 858. The van der Waals surface area contributed by atoms with E-state index in [1.54, 1.807) is 31.4 Å². The summed E-state index contributed by atoms with van der Waals surface area (Å²) in [5.74, 6) is 1.16. The van der Waals surface area contributed by atoms with Crippen molar-refractivity contribution in [1.29, 1.82) is 0 Å². The highest BCUT2D eigenvalue weighted by Crippen LogP contribution is 2.35. The van der Waals surface area contributed by atoms with Gasteiger partial charge >= 0.3 is 0 Å². The maximum absolute atomic E-state index is 10.9. The standard InChI is InChI=1S/C20H21N3O6/c1-25-13-7-9-14(10-8-13)27-20-16(22-23-21)17(24)18-15(28-20)11-26-19(29-18)12-5-3-2-4-6-12/h2-10,15-20,24H,11H2,1H3/t15-,16-,17-,18-,19?,20-/m1/s1. The zero-order chi connectivity index (χ0) is 20.2. The molecular formula is C20H21N3O6. The van der Waals surface area contributed by atoms with Crippen molar-refractivity contribution in [2.24, 2.45) is 5.11 Å². The molecule has 9 nitrogen and oxygen atoms in total. The molecule has 29 heavy (non-hydrogen) atoms. The van der Waals surface area contributed by atoms with E-state index >= 15 is 0 Å². The van der Waals surface area contributed by atoms with Crippen molar-refractivity contribution in [2.75, 3.05) is 13.7 Å². The highest BCUT2D eigenvalue weighted by atomic mass is 16.7. The van der Waals surface area contributed by atoms with Crippen LogP contribution in [-0.2, 0) is 14.2 Å². The first-order valence-electron chi connectivity index (χ1n) is 9.20.